The van der Waals surface area contributed by atoms with Gasteiger partial charge in [-0.2, -0.15) is 4.98 Å². The van der Waals surface area contributed by atoms with Crippen LogP contribution in [0.3, 0.4) is 0 Å². The van der Waals surface area contributed by atoms with Crippen molar-refractivity contribution in [3.63, 3.8) is 0 Å². The van der Waals surface area contributed by atoms with Crippen LogP contribution in [0.5, 0.6) is 0 Å². The summed E-state index contributed by atoms with van der Waals surface area (Å²) < 4.78 is 1.81. The van der Waals surface area contributed by atoms with E-state index in [1.165, 1.54) is 11.3 Å². The van der Waals surface area contributed by atoms with E-state index in [-0.39, 0.29) is 35.5 Å². The lowest BCUT2D eigenvalue weighted by molar-refractivity contribution is 0.00823. The molecular weight excluding hydrogens is 399 g/mol. The Kier molecular flexibility index (Phi) is 5.38. The summed E-state index contributed by atoms with van der Waals surface area (Å²) >= 11 is 7.46. The van der Waals surface area contributed by atoms with E-state index in [2.05, 4.69) is 15.0 Å². The lowest BCUT2D eigenvalue weighted by atomic mass is 10.1. The number of halogens is 2. The third kappa shape index (κ3) is 2.94. The summed E-state index contributed by atoms with van der Waals surface area (Å²) in [7, 11) is 0. The highest BCUT2D eigenvalue weighted by atomic mass is 35.5. The molecule has 0 aromatic carbocycles. The average Bonchev–Trinajstić information content (AvgIpc) is 3.27. The number of nitrogen functional groups attached to an aromatic ring is 1. The van der Waals surface area contributed by atoms with Gasteiger partial charge in [0.05, 0.1) is 17.5 Å². The van der Waals surface area contributed by atoms with Crippen LogP contribution >= 0.6 is 35.3 Å². The minimum atomic E-state index is -0.955. The van der Waals surface area contributed by atoms with Crippen LogP contribution in [0, 0.1) is 5.92 Å². The van der Waals surface area contributed by atoms with Crippen LogP contribution in [0.2, 0.25) is 5.28 Å². The summed E-state index contributed by atoms with van der Waals surface area (Å²) in [6, 6.07) is -0.384. The summed E-state index contributed by atoms with van der Waals surface area (Å²) in [5.74, 6) is 0.0674. The van der Waals surface area contributed by atoms with E-state index < -0.39 is 12.2 Å². The van der Waals surface area contributed by atoms with Crippen LogP contribution < -0.4 is 11.5 Å². The molecule has 1 saturated carbocycles. The van der Waals surface area contributed by atoms with Gasteiger partial charge in [-0.3, -0.25) is 0 Å². The normalized spacial score (nSPS) is 25.5. The first kappa shape index (κ1) is 19.3. The van der Waals surface area contributed by atoms with E-state index in [1.807, 2.05) is 11.6 Å². The van der Waals surface area contributed by atoms with Gasteiger partial charge in [0.15, 0.2) is 0 Å². The molecule has 0 spiro atoms. The molecule has 1 fully saturated rings. The molecule has 3 aromatic rings. The Morgan fingerprint density at radius 2 is 2.08 bits per heavy atom. The van der Waals surface area contributed by atoms with Crippen LogP contribution in [0.1, 0.15) is 12.5 Å². The van der Waals surface area contributed by atoms with Crippen LogP contribution in [-0.4, -0.2) is 48.5 Å². The van der Waals surface area contributed by atoms with Crippen molar-refractivity contribution in [1.29, 1.82) is 0 Å². The Morgan fingerprint density at radius 1 is 1.31 bits per heavy atom. The fourth-order valence-electron chi connectivity index (χ4n) is 3.53. The van der Waals surface area contributed by atoms with Crippen LogP contribution in [0.15, 0.2) is 17.8 Å². The molecule has 0 unspecified atom stereocenters. The Bertz CT molecular complexity index is 919. The molecular formula is C15H18Cl2N6O2S. The maximum Gasteiger partial charge on any atom is 0.226 e. The van der Waals surface area contributed by atoms with Crippen LogP contribution in [-0.2, 0) is 0 Å². The number of aliphatic hydroxyl groups is 2. The maximum absolute atomic E-state index is 10.5. The number of aromatic nitrogens is 4. The molecule has 11 heteroatoms. The molecule has 8 nitrogen and oxygen atoms in total. The molecule has 3 aromatic heterocycles. The first-order valence-electron chi connectivity index (χ1n) is 7.81. The number of fused-ring (bicyclic) bond motifs is 1. The van der Waals surface area contributed by atoms with Crippen molar-refractivity contribution in [2.24, 2.45) is 11.7 Å². The highest BCUT2D eigenvalue weighted by Gasteiger charge is 2.42. The van der Waals surface area contributed by atoms with E-state index in [0.717, 1.165) is 10.6 Å². The number of thiazole rings is 1. The molecule has 1 aliphatic carbocycles. The summed E-state index contributed by atoms with van der Waals surface area (Å²) in [5, 5.41) is 24.0. The zero-order chi connectivity index (χ0) is 17.7. The van der Waals surface area contributed by atoms with Crippen molar-refractivity contribution in [2.75, 3.05) is 12.3 Å². The number of nitrogens with two attached hydrogens (primary N) is 2. The van der Waals surface area contributed by atoms with Crippen molar-refractivity contribution >= 4 is 52.2 Å². The second-order valence-corrected chi connectivity index (χ2v) is 7.38. The zero-order valence-corrected chi connectivity index (χ0v) is 15.9. The van der Waals surface area contributed by atoms with Gasteiger partial charge in [-0.05, 0) is 24.6 Å². The Balaban J connectivity index is 0.00000196. The number of anilines is 1. The highest BCUT2D eigenvalue weighted by molar-refractivity contribution is 7.13. The van der Waals surface area contributed by atoms with Gasteiger partial charge >= 0.3 is 0 Å². The van der Waals surface area contributed by atoms with Crippen molar-refractivity contribution in [3.05, 3.63) is 23.1 Å². The summed E-state index contributed by atoms with van der Waals surface area (Å²) in [4.78, 5) is 12.7. The van der Waals surface area contributed by atoms with Gasteiger partial charge in [0.25, 0.3) is 0 Å². The molecule has 0 saturated heterocycles. The lowest BCUT2D eigenvalue weighted by Gasteiger charge is -2.19. The third-order valence-electron chi connectivity index (χ3n) is 4.77. The van der Waals surface area contributed by atoms with Crippen LogP contribution in [0.4, 0.5) is 5.82 Å². The van der Waals surface area contributed by atoms with E-state index >= 15 is 0 Å². The molecule has 26 heavy (non-hydrogen) atoms. The molecule has 6 N–H and O–H groups in total. The monoisotopic (exact) mass is 416 g/mol. The number of hydrogen-bond donors (Lipinski definition) is 4. The molecule has 0 amide bonds. The fraction of sp³-hybridized carbons (Fsp3) is 0.400. The van der Waals surface area contributed by atoms with Crippen LogP contribution in [0.25, 0.3) is 21.6 Å². The molecule has 140 valence electrons. The molecule has 0 bridgehead atoms. The number of nitrogens with zero attached hydrogens (tertiary/aromatic N) is 4. The second-order valence-electron chi connectivity index (χ2n) is 6.14. The van der Waals surface area contributed by atoms with E-state index in [4.69, 9.17) is 23.1 Å². The zero-order valence-electron chi connectivity index (χ0n) is 13.5. The van der Waals surface area contributed by atoms with Gasteiger partial charge in [-0.15, -0.1) is 23.7 Å². The summed E-state index contributed by atoms with van der Waals surface area (Å²) in [5.41, 5.74) is 13.1. The Labute approximate surface area is 164 Å². The predicted octanol–water partition coefficient (Wildman–Crippen LogP) is 1.45. The number of rotatable bonds is 3. The maximum atomic E-state index is 10.5. The van der Waals surface area contributed by atoms with Gasteiger partial charge in [0.1, 0.15) is 22.6 Å². The topological polar surface area (TPSA) is 136 Å². The molecule has 0 radical (unpaired) electrons. The van der Waals surface area contributed by atoms with E-state index in [1.54, 1.807) is 10.8 Å². The SMILES string of the molecule is Cl.NC[C@H]1C[C@@H](n2cc(-c3nccs3)c3c(N)nc(Cl)nc32)[C@H](O)[C@@H]1O. The molecule has 1 aliphatic rings. The molecule has 0 aliphatic heterocycles. The Hall–Kier alpha value is -1.49. The van der Waals surface area contributed by atoms with E-state index in [9.17, 15) is 10.2 Å². The van der Waals surface area contributed by atoms with Crippen molar-refractivity contribution < 1.29 is 10.2 Å². The van der Waals surface area contributed by atoms with Gasteiger partial charge in [0, 0.05) is 29.3 Å². The number of hydrogen-bond acceptors (Lipinski definition) is 8. The minimum absolute atomic E-state index is 0. The van der Waals surface area contributed by atoms with Gasteiger partial charge < -0.3 is 26.2 Å². The molecule has 4 rings (SSSR count). The van der Waals surface area contributed by atoms with Gasteiger partial charge in [0.2, 0.25) is 5.28 Å². The van der Waals surface area contributed by atoms with E-state index in [0.29, 0.717) is 24.0 Å². The van der Waals surface area contributed by atoms with Gasteiger partial charge in [-0.1, -0.05) is 0 Å². The standard InChI is InChI=1S/C15H17ClN6O2S.ClH/c16-15-20-12(18)9-7(14-19-1-2-25-14)5-22(13(9)21-15)8-3-6(4-17)10(23)11(8)24;/h1-2,5-6,8,10-11,23-24H,3-4,17H2,(H2,18,20,21);1H/t6-,8-,10-,11+;/m1./s1. The van der Waals surface area contributed by atoms with Gasteiger partial charge in [-0.25, -0.2) is 9.97 Å². The van der Waals surface area contributed by atoms with Crippen molar-refractivity contribution in [1.82, 2.24) is 19.5 Å². The largest absolute Gasteiger partial charge is 0.390 e. The predicted molar refractivity (Wildman–Crippen MR) is 104 cm³/mol. The first-order chi connectivity index (χ1) is 12.0. The second kappa shape index (κ2) is 7.26. The fourth-order valence-corrected chi connectivity index (χ4v) is 4.35. The highest BCUT2D eigenvalue weighted by Crippen LogP contribution is 2.41. The smallest absolute Gasteiger partial charge is 0.226 e. The average molecular weight is 417 g/mol. The lowest BCUT2D eigenvalue weighted by Crippen LogP contribution is -2.31. The first-order valence-corrected chi connectivity index (χ1v) is 9.06. The summed E-state index contributed by atoms with van der Waals surface area (Å²) in [6.07, 6.45) is 2.23. The third-order valence-corrected chi connectivity index (χ3v) is 5.74. The minimum Gasteiger partial charge on any atom is -0.390 e. The molecule has 4 atom stereocenters. The quantitative estimate of drug-likeness (QED) is 0.474. The van der Waals surface area contributed by atoms with Crippen molar-refractivity contribution in [2.45, 2.75) is 24.7 Å². The number of aliphatic hydroxyl groups excluding tert-OH is 2. The molecule has 3 heterocycles. The Morgan fingerprint density at radius 3 is 2.69 bits per heavy atom. The summed E-state index contributed by atoms with van der Waals surface area (Å²) in [6.45, 7) is 0.297. The van der Waals surface area contributed by atoms with Crippen molar-refractivity contribution in [3.8, 4) is 10.6 Å².